The second-order valence-corrected chi connectivity index (χ2v) is 9.09. The van der Waals surface area contributed by atoms with Crippen LogP contribution in [-0.4, -0.2) is 11.6 Å². The molecular formula is C25H23O2P. The van der Waals surface area contributed by atoms with Crippen molar-refractivity contribution in [2.24, 2.45) is 0 Å². The third kappa shape index (κ3) is 4.35. The summed E-state index contributed by atoms with van der Waals surface area (Å²) in [7, 11) is -0.793. The van der Waals surface area contributed by atoms with Crippen molar-refractivity contribution < 1.29 is 9.59 Å². The summed E-state index contributed by atoms with van der Waals surface area (Å²) in [5.74, 6) is 0.125. The molecule has 0 N–H and O–H groups in total. The number of Topliss-reactive ketones (excluding diaryl/α,β-unsaturated/α-hetero) is 2. The maximum atomic E-state index is 11.6. The SMILES string of the molecule is C=C(C)c1ccc(P(c2ccc(C(C)=O)cc2)c2ccc(C(C)=O)cc2)cc1. The van der Waals surface area contributed by atoms with Crippen LogP contribution in [0.2, 0.25) is 0 Å². The van der Waals surface area contributed by atoms with Crippen molar-refractivity contribution in [1.29, 1.82) is 0 Å². The summed E-state index contributed by atoms with van der Waals surface area (Å²) >= 11 is 0. The number of rotatable bonds is 6. The summed E-state index contributed by atoms with van der Waals surface area (Å²) in [4.78, 5) is 23.3. The monoisotopic (exact) mass is 386 g/mol. The molecule has 3 heteroatoms. The molecule has 0 amide bonds. The van der Waals surface area contributed by atoms with Crippen LogP contribution < -0.4 is 15.9 Å². The Labute approximate surface area is 167 Å². The van der Waals surface area contributed by atoms with Crippen LogP contribution in [0.3, 0.4) is 0 Å². The van der Waals surface area contributed by atoms with Crippen LogP contribution in [0.1, 0.15) is 47.1 Å². The van der Waals surface area contributed by atoms with Crippen molar-refractivity contribution in [3.05, 3.63) is 96.1 Å². The molecule has 0 atom stereocenters. The first kappa shape index (κ1) is 19.9. The van der Waals surface area contributed by atoms with E-state index in [1.807, 2.05) is 55.5 Å². The molecule has 2 nitrogen and oxygen atoms in total. The molecule has 0 fully saturated rings. The number of hydrogen-bond acceptors (Lipinski definition) is 2. The van der Waals surface area contributed by atoms with E-state index in [0.717, 1.165) is 11.1 Å². The Kier molecular flexibility index (Phi) is 6.02. The van der Waals surface area contributed by atoms with Crippen molar-refractivity contribution in [2.75, 3.05) is 0 Å². The minimum Gasteiger partial charge on any atom is -0.295 e. The zero-order chi connectivity index (χ0) is 20.3. The maximum Gasteiger partial charge on any atom is 0.159 e. The van der Waals surface area contributed by atoms with Crippen molar-refractivity contribution in [1.82, 2.24) is 0 Å². The molecule has 0 spiro atoms. The molecule has 0 bridgehead atoms. The first-order chi connectivity index (χ1) is 13.4. The van der Waals surface area contributed by atoms with E-state index in [0.29, 0.717) is 11.1 Å². The van der Waals surface area contributed by atoms with Gasteiger partial charge in [-0.3, -0.25) is 9.59 Å². The van der Waals surface area contributed by atoms with Gasteiger partial charge >= 0.3 is 0 Å². The number of carbonyl (C=O) groups excluding carboxylic acids is 2. The van der Waals surface area contributed by atoms with E-state index in [1.165, 1.54) is 15.9 Å². The topological polar surface area (TPSA) is 34.1 Å². The highest BCUT2D eigenvalue weighted by Gasteiger charge is 2.17. The first-order valence-corrected chi connectivity index (χ1v) is 10.5. The van der Waals surface area contributed by atoms with Gasteiger partial charge in [-0.15, -0.1) is 0 Å². The lowest BCUT2D eigenvalue weighted by molar-refractivity contribution is 0.100. The van der Waals surface area contributed by atoms with E-state index in [2.05, 4.69) is 30.8 Å². The molecule has 0 radical (unpaired) electrons. The van der Waals surface area contributed by atoms with E-state index in [-0.39, 0.29) is 11.6 Å². The van der Waals surface area contributed by atoms with Crippen LogP contribution in [0.5, 0.6) is 0 Å². The third-order valence-electron chi connectivity index (χ3n) is 4.68. The van der Waals surface area contributed by atoms with Gasteiger partial charge in [-0.05, 0) is 50.2 Å². The molecule has 0 aliphatic rings. The van der Waals surface area contributed by atoms with E-state index in [9.17, 15) is 9.59 Å². The summed E-state index contributed by atoms with van der Waals surface area (Å²) in [6.45, 7) is 9.16. The average molecular weight is 386 g/mol. The highest BCUT2D eigenvalue weighted by Crippen LogP contribution is 2.33. The Balaban J connectivity index is 2.08. The Morgan fingerprint density at radius 2 is 0.857 bits per heavy atom. The molecule has 28 heavy (non-hydrogen) atoms. The van der Waals surface area contributed by atoms with Gasteiger partial charge in [0.2, 0.25) is 0 Å². The number of allylic oxidation sites excluding steroid dienone is 1. The van der Waals surface area contributed by atoms with Gasteiger partial charge in [0, 0.05) is 11.1 Å². The molecule has 0 aliphatic heterocycles. The molecule has 0 aliphatic carbocycles. The van der Waals surface area contributed by atoms with Gasteiger partial charge in [0.25, 0.3) is 0 Å². The van der Waals surface area contributed by atoms with Gasteiger partial charge in [0.1, 0.15) is 0 Å². The first-order valence-electron chi connectivity index (χ1n) is 9.15. The minimum absolute atomic E-state index is 0.0625. The lowest BCUT2D eigenvalue weighted by atomic mass is 10.1. The lowest BCUT2D eigenvalue weighted by Crippen LogP contribution is -2.21. The molecule has 0 saturated heterocycles. The van der Waals surface area contributed by atoms with Crippen molar-refractivity contribution in [2.45, 2.75) is 20.8 Å². The Bertz CT molecular complexity index is 877. The number of hydrogen-bond donors (Lipinski definition) is 0. The molecule has 0 heterocycles. The van der Waals surface area contributed by atoms with Crippen LogP contribution in [0.25, 0.3) is 5.57 Å². The van der Waals surface area contributed by atoms with Gasteiger partial charge in [-0.25, -0.2) is 0 Å². The van der Waals surface area contributed by atoms with Crippen molar-refractivity contribution >= 4 is 41.0 Å². The Hall–Kier alpha value is -2.83. The predicted molar refractivity (Wildman–Crippen MR) is 120 cm³/mol. The molecule has 3 aromatic carbocycles. The molecule has 3 rings (SSSR count). The van der Waals surface area contributed by atoms with E-state index in [1.54, 1.807) is 13.8 Å². The molecule has 3 aromatic rings. The van der Waals surface area contributed by atoms with Gasteiger partial charge in [0.05, 0.1) is 0 Å². The van der Waals surface area contributed by atoms with E-state index < -0.39 is 7.92 Å². The van der Waals surface area contributed by atoms with Gasteiger partial charge in [-0.1, -0.05) is 84.9 Å². The van der Waals surface area contributed by atoms with Crippen molar-refractivity contribution in [3.63, 3.8) is 0 Å². The van der Waals surface area contributed by atoms with Crippen LogP contribution in [0.4, 0.5) is 0 Å². The summed E-state index contributed by atoms with van der Waals surface area (Å²) < 4.78 is 0. The fourth-order valence-corrected chi connectivity index (χ4v) is 5.27. The van der Waals surface area contributed by atoms with Crippen LogP contribution in [0, 0.1) is 0 Å². The van der Waals surface area contributed by atoms with Crippen LogP contribution in [0.15, 0.2) is 79.4 Å². The molecule has 0 unspecified atom stereocenters. The third-order valence-corrected chi connectivity index (χ3v) is 7.13. The van der Waals surface area contributed by atoms with Crippen molar-refractivity contribution in [3.8, 4) is 0 Å². The van der Waals surface area contributed by atoms with Gasteiger partial charge in [-0.2, -0.15) is 0 Å². The smallest absolute Gasteiger partial charge is 0.159 e. The van der Waals surface area contributed by atoms with Gasteiger partial charge in [0.15, 0.2) is 11.6 Å². The van der Waals surface area contributed by atoms with E-state index in [4.69, 9.17) is 0 Å². The highest BCUT2D eigenvalue weighted by atomic mass is 31.1. The summed E-state index contributed by atoms with van der Waals surface area (Å²) in [5.41, 5.74) is 3.58. The average Bonchev–Trinajstić information content (AvgIpc) is 2.69. The fraction of sp³-hybridized carbons (Fsp3) is 0.120. The lowest BCUT2D eigenvalue weighted by Gasteiger charge is -2.20. The standard InChI is InChI=1S/C25H23O2P/c1-17(2)20-5-11-23(12-6-20)28(24-13-7-21(8-14-24)18(3)26)25-15-9-22(10-16-25)19(4)27/h5-16H,1H2,2-4H3. The summed E-state index contributed by atoms with van der Waals surface area (Å²) in [6, 6.07) is 24.2. The highest BCUT2D eigenvalue weighted by molar-refractivity contribution is 7.79. The van der Waals surface area contributed by atoms with Crippen LogP contribution >= 0.6 is 7.92 Å². The summed E-state index contributed by atoms with van der Waals surface area (Å²) in [5, 5.41) is 3.54. The fourth-order valence-electron chi connectivity index (χ4n) is 3.03. The second kappa shape index (κ2) is 8.46. The zero-order valence-electron chi connectivity index (χ0n) is 16.4. The number of benzene rings is 3. The maximum absolute atomic E-state index is 11.6. The zero-order valence-corrected chi connectivity index (χ0v) is 17.3. The molecule has 0 aromatic heterocycles. The minimum atomic E-state index is -0.793. The second-order valence-electron chi connectivity index (χ2n) is 6.87. The van der Waals surface area contributed by atoms with Crippen LogP contribution in [-0.2, 0) is 0 Å². The normalized spacial score (nSPS) is 10.7. The number of ketones is 2. The molecule has 0 saturated carbocycles. The number of carbonyl (C=O) groups is 2. The largest absolute Gasteiger partial charge is 0.295 e. The molecular weight excluding hydrogens is 363 g/mol. The molecule has 140 valence electrons. The Morgan fingerprint density at radius 1 is 0.571 bits per heavy atom. The summed E-state index contributed by atoms with van der Waals surface area (Å²) in [6.07, 6.45) is 0. The Morgan fingerprint density at radius 3 is 1.11 bits per heavy atom. The quantitative estimate of drug-likeness (QED) is 0.447. The predicted octanol–water partition coefficient (Wildman–Crippen LogP) is 4.88. The van der Waals surface area contributed by atoms with E-state index >= 15 is 0 Å². The van der Waals surface area contributed by atoms with Gasteiger partial charge < -0.3 is 0 Å².